The van der Waals surface area contributed by atoms with Gasteiger partial charge in [0.1, 0.15) is 0 Å². The van der Waals surface area contributed by atoms with Crippen LogP contribution in [0, 0.1) is 0 Å². The third kappa shape index (κ3) is 38.1. The van der Waals surface area contributed by atoms with Crippen LogP contribution in [0.3, 0.4) is 0 Å². The number of amides is 1. The van der Waals surface area contributed by atoms with Crippen LogP contribution in [-0.2, 0) is 14.3 Å². The fourth-order valence-corrected chi connectivity index (χ4v) is 6.68. The summed E-state index contributed by atoms with van der Waals surface area (Å²) in [4.78, 5) is 24.3. The number of hydrogen-bond acceptors (Lipinski definition) is 5. The Morgan fingerprint density at radius 3 is 1.37 bits per heavy atom. The topological polar surface area (TPSA) is 95.9 Å². The number of carbonyl (C=O) groups is 2. The first-order valence-corrected chi connectivity index (χ1v) is 22.6. The summed E-state index contributed by atoms with van der Waals surface area (Å²) in [6, 6.07) is -0.560. The Bertz CT molecular complexity index is 813. The summed E-state index contributed by atoms with van der Waals surface area (Å²) in [5, 5.41) is 23.0. The van der Waals surface area contributed by atoms with Crippen molar-refractivity contribution in [3.63, 3.8) is 0 Å². The summed E-state index contributed by atoms with van der Waals surface area (Å²) in [5.41, 5.74) is 0. The summed E-state index contributed by atoms with van der Waals surface area (Å²) < 4.78 is 5.42. The third-order valence-corrected chi connectivity index (χ3v) is 10.2. The highest BCUT2D eigenvalue weighted by Crippen LogP contribution is 2.14. The van der Waals surface area contributed by atoms with E-state index in [2.05, 4.69) is 43.5 Å². The fourth-order valence-electron chi connectivity index (χ4n) is 6.68. The van der Waals surface area contributed by atoms with Crippen molar-refractivity contribution in [3.8, 4) is 0 Å². The van der Waals surface area contributed by atoms with Gasteiger partial charge in [0.2, 0.25) is 5.91 Å². The van der Waals surface area contributed by atoms with E-state index in [1.165, 1.54) is 116 Å². The van der Waals surface area contributed by atoms with Crippen LogP contribution in [0.5, 0.6) is 0 Å². The molecule has 52 heavy (non-hydrogen) atoms. The molecule has 0 aliphatic rings. The lowest BCUT2D eigenvalue weighted by Gasteiger charge is -2.22. The first-order chi connectivity index (χ1) is 25.5. The molecule has 0 bridgehead atoms. The number of rotatable bonds is 41. The van der Waals surface area contributed by atoms with Crippen LogP contribution in [0.2, 0.25) is 0 Å². The number of allylic oxidation sites excluding steroid dienone is 4. The zero-order valence-corrected chi connectivity index (χ0v) is 34.5. The number of esters is 1. The van der Waals surface area contributed by atoms with Gasteiger partial charge in [-0.15, -0.1) is 0 Å². The normalized spacial score (nSPS) is 12.9. The first-order valence-electron chi connectivity index (χ1n) is 22.6. The Hall–Kier alpha value is -1.66. The third-order valence-electron chi connectivity index (χ3n) is 10.2. The van der Waals surface area contributed by atoms with Gasteiger partial charge in [-0.25, -0.2) is 0 Å². The maximum absolute atomic E-state index is 12.4. The molecular weight excluding hydrogens is 647 g/mol. The molecule has 0 fully saturated rings. The zero-order chi connectivity index (χ0) is 38.0. The van der Waals surface area contributed by atoms with E-state index in [1.54, 1.807) is 0 Å². The molecule has 0 heterocycles. The van der Waals surface area contributed by atoms with E-state index in [9.17, 15) is 19.8 Å². The molecule has 6 nitrogen and oxygen atoms in total. The van der Waals surface area contributed by atoms with Crippen molar-refractivity contribution in [2.45, 2.75) is 244 Å². The molecule has 0 aromatic heterocycles. The van der Waals surface area contributed by atoms with E-state index >= 15 is 0 Å². The molecule has 0 aliphatic carbocycles. The highest BCUT2D eigenvalue weighted by Gasteiger charge is 2.20. The Balaban J connectivity index is 3.53. The van der Waals surface area contributed by atoms with Gasteiger partial charge in [-0.1, -0.05) is 167 Å². The summed E-state index contributed by atoms with van der Waals surface area (Å²) in [6.07, 6.45) is 47.1. The molecule has 0 radical (unpaired) electrons. The van der Waals surface area contributed by atoms with Crippen molar-refractivity contribution in [1.29, 1.82) is 0 Å². The molecule has 0 aliphatic heterocycles. The lowest BCUT2D eigenvalue weighted by molar-refractivity contribution is -0.143. The summed E-state index contributed by atoms with van der Waals surface area (Å²) in [5.74, 6) is -0.108. The lowest BCUT2D eigenvalue weighted by Crippen LogP contribution is -2.45. The van der Waals surface area contributed by atoms with Gasteiger partial charge in [-0.2, -0.15) is 0 Å². The number of hydrogen-bond donors (Lipinski definition) is 3. The Morgan fingerprint density at radius 1 is 0.519 bits per heavy atom. The van der Waals surface area contributed by atoms with Crippen LogP contribution in [-0.4, -0.2) is 47.4 Å². The second-order valence-corrected chi connectivity index (χ2v) is 15.4. The van der Waals surface area contributed by atoms with Crippen LogP contribution < -0.4 is 5.32 Å². The molecule has 0 rings (SSSR count). The smallest absolute Gasteiger partial charge is 0.305 e. The molecule has 2 unspecified atom stereocenters. The number of nitrogens with one attached hydrogen (secondary N) is 1. The molecular formula is C46H87NO5. The van der Waals surface area contributed by atoms with Crippen LogP contribution in [0.1, 0.15) is 232 Å². The maximum Gasteiger partial charge on any atom is 0.305 e. The second kappa shape index (κ2) is 42.1. The fraction of sp³-hybridized carbons (Fsp3) is 0.870. The minimum Gasteiger partial charge on any atom is -0.466 e. The minimum atomic E-state index is -0.680. The molecule has 0 saturated heterocycles. The van der Waals surface area contributed by atoms with E-state index in [-0.39, 0.29) is 18.5 Å². The van der Waals surface area contributed by atoms with Gasteiger partial charge in [0.05, 0.1) is 25.4 Å². The molecule has 0 saturated carbocycles. The van der Waals surface area contributed by atoms with Gasteiger partial charge >= 0.3 is 5.97 Å². The van der Waals surface area contributed by atoms with Crippen LogP contribution in [0.4, 0.5) is 0 Å². The van der Waals surface area contributed by atoms with E-state index in [0.29, 0.717) is 25.9 Å². The first kappa shape index (κ1) is 50.3. The van der Waals surface area contributed by atoms with Crippen LogP contribution >= 0.6 is 0 Å². The summed E-state index contributed by atoms with van der Waals surface area (Å²) in [7, 11) is 0. The lowest BCUT2D eigenvalue weighted by atomic mass is 10.0. The van der Waals surface area contributed by atoms with Gasteiger partial charge < -0.3 is 20.3 Å². The zero-order valence-electron chi connectivity index (χ0n) is 34.5. The maximum atomic E-state index is 12.4. The predicted molar refractivity (Wildman–Crippen MR) is 223 cm³/mol. The number of carbonyl (C=O) groups excluding carboxylic acids is 2. The quantitative estimate of drug-likeness (QED) is 0.0330. The summed E-state index contributed by atoms with van der Waals surface area (Å²) in [6.45, 7) is 4.83. The Kier molecular flexibility index (Phi) is 40.7. The van der Waals surface area contributed by atoms with Crippen molar-refractivity contribution in [1.82, 2.24) is 5.32 Å². The number of aliphatic hydroxyl groups is 2. The van der Waals surface area contributed by atoms with Crippen LogP contribution in [0.25, 0.3) is 0 Å². The molecule has 3 N–H and O–H groups in total. The molecule has 2 atom stereocenters. The molecule has 0 aromatic rings. The standard InChI is InChI=1S/C46H87NO5/c1-3-5-7-9-11-13-15-16-17-20-24-28-32-36-40-46(51)52-41-37-33-29-25-21-18-19-23-27-31-35-39-45(50)47-43(42-48)44(49)38-34-30-26-22-14-12-10-8-6-4-2/h15-16,21,25,43-44,48-49H,3-14,17-20,22-24,26-42H2,1-2H3,(H,47,50)/b16-15-,25-21-. The van der Waals surface area contributed by atoms with E-state index in [4.69, 9.17) is 4.74 Å². The monoisotopic (exact) mass is 734 g/mol. The van der Waals surface area contributed by atoms with E-state index in [1.807, 2.05) is 0 Å². The highest BCUT2D eigenvalue weighted by atomic mass is 16.5. The number of aliphatic hydroxyl groups excluding tert-OH is 2. The Labute approximate surface area is 322 Å². The average molecular weight is 734 g/mol. The summed E-state index contributed by atoms with van der Waals surface area (Å²) >= 11 is 0. The van der Waals surface area contributed by atoms with Crippen LogP contribution in [0.15, 0.2) is 24.3 Å². The van der Waals surface area contributed by atoms with E-state index < -0.39 is 12.1 Å². The molecule has 1 amide bonds. The molecule has 306 valence electrons. The predicted octanol–water partition coefficient (Wildman–Crippen LogP) is 12.8. The SMILES string of the molecule is CCCCCCC/C=C\CCCCCCCC(=O)OCCCC/C=C\CCCCCCCC(=O)NC(CO)C(O)CCCCCCCCCCCC. The molecule has 6 heteroatoms. The van der Waals surface area contributed by atoms with Crippen molar-refractivity contribution in [2.24, 2.45) is 0 Å². The minimum absolute atomic E-state index is 0.0407. The molecule has 0 spiro atoms. The van der Waals surface area contributed by atoms with E-state index in [0.717, 1.165) is 83.5 Å². The van der Waals surface area contributed by atoms with Crippen molar-refractivity contribution in [2.75, 3.05) is 13.2 Å². The number of unbranched alkanes of at least 4 members (excludes halogenated alkanes) is 26. The number of ether oxygens (including phenoxy) is 1. The molecule has 0 aromatic carbocycles. The highest BCUT2D eigenvalue weighted by molar-refractivity contribution is 5.76. The van der Waals surface area contributed by atoms with Crippen molar-refractivity contribution >= 4 is 11.9 Å². The second-order valence-electron chi connectivity index (χ2n) is 15.4. The van der Waals surface area contributed by atoms with Gasteiger partial charge in [0.25, 0.3) is 0 Å². The Morgan fingerprint density at radius 2 is 0.904 bits per heavy atom. The average Bonchev–Trinajstić information content (AvgIpc) is 3.14. The van der Waals surface area contributed by atoms with Gasteiger partial charge in [-0.05, 0) is 77.0 Å². The van der Waals surface area contributed by atoms with Gasteiger partial charge in [0, 0.05) is 12.8 Å². The van der Waals surface area contributed by atoms with Gasteiger partial charge in [0.15, 0.2) is 0 Å². The van der Waals surface area contributed by atoms with Crippen molar-refractivity contribution in [3.05, 3.63) is 24.3 Å². The largest absolute Gasteiger partial charge is 0.466 e. The van der Waals surface area contributed by atoms with Gasteiger partial charge in [-0.3, -0.25) is 9.59 Å². The van der Waals surface area contributed by atoms with Crippen molar-refractivity contribution < 1.29 is 24.5 Å².